The van der Waals surface area contributed by atoms with Gasteiger partial charge in [0.1, 0.15) is 0 Å². The molecule has 1 heterocycles. The van der Waals surface area contributed by atoms with E-state index in [0.29, 0.717) is 4.88 Å². The Bertz CT molecular complexity index is 713. The summed E-state index contributed by atoms with van der Waals surface area (Å²) in [7, 11) is 0. The summed E-state index contributed by atoms with van der Waals surface area (Å²) < 4.78 is 0.955. The molecule has 0 fully saturated rings. The number of halogens is 1. The Labute approximate surface area is 138 Å². The fraction of sp³-hybridized carbons (Fsp3) is 0.0714. The lowest BCUT2D eigenvalue weighted by Gasteiger charge is -2.10. The van der Waals surface area contributed by atoms with E-state index in [0.717, 1.165) is 14.9 Å². The van der Waals surface area contributed by atoms with E-state index < -0.39 is 23.8 Å². The standard InChI is InChI=1S/C14H12BrN3O3S/c15-8-3-1-7(2-4-8)9-5-6-10(22-9)14(21)18-11(12(16)19)13(17)20/h1-6,11H,(H2,16,19)(H2,17,20)(H,18,21). The highest BCUT2D eigenvalue weighted by atomic mass is 79.9. The van der Waals surface area contributed by atoms with E-state index in [-0.39, 0.29) is 0 Å². The quantitative estimate of drug-likeness (QED) is 0.676. The third kappa shape index (κ3) is 3.71. The molecule has 3 amide bonds. The molecular weight excluding hydrogens is 370 g/mol. The molecule has 0 aliphatic rings. The van der Waals surface area contributed by atoms with Crippen molar-refractivity contribution in [3.8, 4) is 10.4 Å². The Balaban J connectivity index is 2.17. The highest BCUT2D eigenvalue weighted by Gasteiger charge is 2.25. The molecule has 22 heavy (non-hydrogen) atoms. The minimum Gasteiger partial charge on any atom is -0.367 e. The van der Waals surface area contributed by atoms with E-state index in [9.17, 15) is 14.4 Å². The maximum atomic E-state index is 12.0. The maximum Gasteiger partial charge on any atom is 0.262 e. The molecule has 0 aliphatic heterocycles. The van der Waals surface area contributed by atoms with Crippen LogP contribution < -0.4 is 16.8 Å². The van der Waals surface area contributed by atoms with E-state index in [1.54, 1.807) is 12.1 Å². The van der Waals surface area contributed by atoms with Crippen molar-refractivity contribution in [1.29, 1.82) is 0 Å². The van der Waals surface area contributed by atoms with E-state index in [1.807, 2.05) is 24.3 Å². The Kier molecular flexibility index (Phi) is 4.94. The lowest BCUT2D eigenvalue weighted by molar-refractivity contribution is -0.128. The largest absolute Gasteiger partial charge is 0.367 e. The molecule has 1 aromatic heterocycles. The van der Waals surface area contributed by atoms with E-state index >= 15 is 0 Å². The zero-order chi connectivity index (χ0) is 16.3. The monoisotopic (exact) mass is 381 g/mol. The summed E-state index contributed by atoms with van der Waals surface area (Å²) in [5.74, 6) is -2.56. The fourth-order valence-corrected chi connectivity index (χ4v) is 2.89. The molecule has 0 aliphatic carbocycles. The van der Waals surface area contributed by atoms with Crippen LogP contribution in [0.3, 0.4) is 0 Å². The summed E-state index contributed by atoms with van der Waals surface area (Å²) in [6, 6.07) is 9.48. The van der Waals surface area contributed by atoms with Gasteiger partial charge in [0.05, 0.1) is 4.88 Å². The number of nitrogens with two attached hydrogens (primary N) is 2. The highest BCUT2D eigenvalue weighted by Crippen LogP contribution is 2.29. The first-order chi connectivity index (χ1) is 10.4. The second-order valence-corrected chi connectivity index (χ2v) is 6.38. The van der Waals surface area contributed by atoms with Crippen molar-refractivity contribution in [2.24, 2.45) is 11.5 Å². The van der Waals surface area contributed by atoms with Gasteiger partial charge in [0, 0.05) is 9.35 Å². The first-order valence-electron chi connectivity index (χ1n) is 6.14. The van der Waals surface area contributed by atoms with Gasteiger partial charge in [-0.15, -0.1) is 11.3 Å². The first-order valence-corrected chi connectivity index (χ1v) is 7.74. The SMILES string of the molecule is NC(=O)C(NC(=O)c1ccc(-c2ccc(Br)cc2)s1)C(N)=O. The van der Waals surface area contributed by atoms with Crippen LogP contribution in [0, 0.1) is 0 Å². The molecule has 0 atom stereocenters. The Morgan fingerprint density at radius 1 is 1.00 bits per heavy atom. The summed E-state index contributed by atoms with van der Waals surface area (Å²) in [5, 5.41) is 2.22. The van der Waals surface area contributed by atoms with Crippen LogP contribution in [0.1, 0.15) is 9.67 Å². The number of amides is 3. The average molecular weight is 382 g/mol. The summed E-state index contributed by atoms with van der Waals surface area (Å²) in [6.45, 7) is 0. The molecular formula is C14H12BrN3O3S. The molecule has 114 valence electrons. The van der Waals surface area contributed by atoms with Gasteiger partial charge in [-0.25, -0.2) is 0 Å². The van der Waals surface area contributed by atoms with Crippen molar-refractivity contribution in [3.63, 3.8) is 0 Å². The topological polar surface area (TPSA) is 115 Å². The highest BCUT2D eigenvalue weighted by molar-refractivity contribution is 9.10. The van der Waals surface area contributed by atoms with Gasteiger partial charge in [0.25, 0.3) is 5.91 Å². The minimum atomic E-state index is -1.52. The first kappa shape index (κ1) is 16.2. The lowest BCUT2D eigenvalue weighted by Crippen LogP contribution is -2.52. The number of thiophene rings is 1. The van der Waals surface area contributed by atoms with Gasteiger partial charge >= 0.3 is 0 Å². The van der Waals surface area contributed by atoms with Gasteiger partial charge in [0.15, 0.2) is 6.04 Å². The van der Waals surface area contributed by atoms with Gasteiger partial charge < -0.3 is 16.8 Å². The molecule has 0 radical (unpaired) electrons. The molecule has 0 saturated heterocycles. The van der Waals surface area contributed by atoms with Crippen LogP contribution >= 0.6 is 27.3 Å². The molecule has 2 aromatic rings. The zero-order valence-electron chi connectivity index (χ0n) is 11.2. The van der Waals surface area contributed by atoms with E-state index in [1.165, 1.54) is 11.3 Å². The molecule has 0 saturated carbocycles. The number of benzene rings is 1. The summed E-state index contributed by atoms with van der Waals surface area (Å²) in [5.41, 5.74) is 11.0. The number of primary amides is 2. The van der Waals surface area contributed by atoms with Crippen molar-refractivity contribution < 1.29 is 14.4 Å². The molecule has 0 unspecified atom stereocenters. The van der Waals surface area contributed by atoms with Crippen LogP contribution in [0.25, 0.3) is 10.4 Å². The normalized spacial score (nSPS) is 10.5. The van der Waals surface area contributed by atoms with Crippen molar-refractivity contribution in [1.82, 2.24) is 5.32 Å². The van der Waals surface area contributed by atoms with Crippen molar-refractivity contribution in [3.05, 3.63) is 45.7 Å². The maximum absolute atomic E-state index is 12.0. The van der Waals surface area contributed by atoms with Crippen LogP contribution in [0.4, 0.5) is 0 Å². The van der Waals surface area contributed by atoms with Gasteiger partial charge in [-0.05, 0) is 29.8 Å². The van der Waals surface area contributed by atoms with Crippen LogP contribution in [0.15, 0.2) is 40.9 Å². The van der Waals surface area contributed by atoms with Crippen LogP contribution in [-0.2, 0) is 9.59 Å². The Hall–Kier alpha value is -2.19. The van der Waals surface area contributed by atoms with Crippen LogP contribution in [0.2, 0.25) is 0 Å². The lowest BCUT2D eigenvalue weighted by atomic mass is 10.2. The molecule has 2 rings (SSSR count). The predicted octanol–water partition coefficient (Wildman–Crippen LogP) is 1.25. The van der Waals surface area contributed by atoms with Crippen molar-refractivity contribution >= 4 is 45.0 Å². The predicted molar refractivity (Wildman–Crippen MR) is 87.1 cm³/mol. The van der Waals surface area contributed by atoms with Crippen molar-refractivity contribution in [2.45, 2.75) is 6.04 Å². The number of nitrogens with one attached hydrogen (secondary N) is 1. The minimum absolute atomic E-state index is 0.352. The molecule has 8 heteroatoms. The fourth-order valence-electron chi connectivity index (χ4n) is 1.71. The van der Waals surface area contributed by atoms with Gasteiger partial charge in [0.2, 0.25) is 11.8 Å². The number of rotatable bonds is 5. The third-order valence-corrected chi connectivity index (χ3v) is 4.46. The van der Waals surface area contributed by atoms with Gasteiger partial charge in [-0.1, -0.05) is 28.1 Å². The van der Waals surface area contributed by atoms with E-state index in [4.69, 9.17) is 11.5 Å². The molecule has 6 nitrogen and oxygen atoms in total. The van der Waals surface area contributed by atoms with Crippen LogP contribution in [-0.4, -0.2) is 23.8 Å². The van der Waals surface area contributed by atoms with Gasteiger partial charge in [-0.3, -0.25) is 14.4 Å². The number of hydrogen-bond acceptors (Lipinski definition) is 4. The molecule has 5 N–H and O–H groups in total. The van der Waals surface area contributed by atoms with Crippen molar-refractivity contribution in [2.75, 3.05) is 0 Å². The zero-order valence-corrected chi connectivity index (χ0v) is 13.6. The second kappa shape index (κ2) is 6.71. The van der Waals surface area contributed by atoms with Gasteiger partial charge in [-0.2, -0.15) is 0 Å². The summed E-state index contributed by atoms with van der Waals surface area (Å²) in [6.07, 6.45) is 0. The summed E-state index contributed by atoms with van der Waals surface area (Å²) in [4.78, 5) is 35.4. The average Bonchev–Trinajstić information content (AvgIpc) is 2.94. The molecule has 0 spiro atoms. The van der Waals surface area contributed by atoms with E-state index in [2.05, 4.69) is 21.2 Å². The Morgan fingerprint density at radius 3 is 2.14 bits per heavy atom. The summed E-state index contributed by atoms with van der Waals surface area (Å²) >= 11 is 4.59. The number of carbonyl (C=O) groups is 3. The molecule has 1 aromatic carbocycles. The van der Waals surface area contributed by atoms with Crippen LogP contribution in [0.5, 0.6) is 0 Å². The second-order valence-electron chi connectivity index (χ2n) is 4.38. The number of carbonyl (C=O) groups excluding carboxylic acids is 3. The Morgan fingerprint density at radius 2 is 1.59 bits per heavy atom. The smallest absolute Gasteiger partial charge is 0.262 e. The molecule has 0 bridgehead atoms. The third-order valence-electron chi connectivity index (χ3n) is 2.80. The number of hydrogen-bond donors (Lipinski definition) is 3.